The largest absolute Gasteiger partial charge is 0.497 e. The summed E-state index contributed by atoms with van der Waals surface area (Å²) < 4.78 is 10.9. The molecule has 0 N–H and O–H groups in total. The first-order chi connectivity index (χ1) is 14.7. The highest BCUT2D eigenvalue weighted by molar-refractivity contribution is 7.14. The van der Waals surface area contributed by atoms with Gasteiger partial charge in [0.1, 0.15) is 11.5 Å². The second kappa shape index (κ2) is 9.11. The molecule has 0 bridgehead atoms. The minimum absolute atomic E-state index is 0.0626. The third-order valence-electron chi connectivity index (χ3n) is 4.57. The number of benzene rings is 2. The van der Waals surface area contributed by atoms with E-state index in [0.29, 0.717) is 22.3 Å². The lowest BCUT2D eigenvalue weighted by atomic mass is 10.1. The third-order valence-corrected chi connectivity index (χ3v) is 6.29. The monoisotopic (exact) mass is 436 g/mol. The Morgan fingerprint density at radius 1 is 1.00 bits per heavy atom. The summed E-state index contributed by atoms with van der Waals surface area (Å²) in [6, 6.07) is 19.2. The van der Waals surface area contributed by atoms with Gasteiger partial charge in [-0.2, -0.15) is 0 Å². The highest BCUT2D eigenvalue weighted by atomic mass is 32.1. The van der Waals surface area contributed by atoms with Crippen molar-refractivity contribution in [3.8, 4) is 22.8 Å². The number of nitrogens with zero attached hydrogens (tertiary/aromatic N) is 2. The van der Waals surface area contributed by atoms with E-state index in [9.17, 15) is 4.79 Å². The molecule has 0 aliphatic heterocycles. The van der Waals surface area contributed by atoms with Crippen molar-refractivity contribution in [1.82, 2.24) is 4.98 Å². The first-order valence-corrected chi connectivity index (χ1v) is 11.0. The lowest BCUT2D eigenvalue weighted by Crippen LogP contribution is -2.29. The van der Waals surface area contributed by atoms with Gasteiger partial charge in [0.15, 0.2) is 5.13 Å². The second-order valence-corrected chi connectivity index (χ2v) is 8.22. The van der Waals surface area contributed by atoms with E-state index in [1.54, 1.807) is 19.1 Å². The molecule has 0 fully saturated rings. The zero-order chi connectivity index (χ0) is 20.9. The predicted molar refractivity (Wildman–Crippen MR) is 122 cm³/mol. The van der Waals surface area contributed by atoms with Gasteiger partial charge in [0, 0.05) is 10.9 Å². The molecule has 5 nitrogen and oxygen atoms in total. The maximum atomic E-state index is 13.2. The van der Waals surface area contributed by atoms with E-state index in [4.69, 9.17) is 14.5 Å². The molecule has 7 heteroatoms. The Morgan fingerprint density at radius 2 is 1.83 bits per heavy atom. The Hall–Kier alpha value is -3.16. The van der Waals surface area contributed by atoms with E-state index in [-0.39, 0.29) is 5.91 Å². The number of carbonyl (C=O) groups is 1. The lowest BCUT2D eigenvalue weighted by molar-refractivity contribution is 0.0989. The van der Waals surface area contributed by atoms with Gasteiger partial charge >= 0.3 is 0 Å². The average Bonchev–Trinajstić information content (AvgIpc) is 3.50. The van der Waals surface area contributed by atoms with E-state index in [2.05, 4.69) is 0 Å². The molecule has 30 heavy (non-hydrogen) atoms. The number of rotatable bonds is 7. The number of anilines is 1. The van der Waals surface area contributed by atoms with E-state index < -0.39 is 0 Å². The van der Waals surface area contributed by atoms with Crippen LogP contribution < -0.4 is 14.4 Å². The Bertz CT molecular complexity index is 1120. The van der Waals surface area contributed by atoms with Gasteiger partial charge in [0.25, 0.3) is 5.91 Å². The lowest BCUT2D eigenvalue weighted by Gasteiger charge is -2.19. The van der Waals surface area contributed by atoms with E-state index in [0.717, 1.165) is 22.6 Å². The molecular weight excluding hydrogens is 416 g/mol. The van der Waals surface area contributed by atoms with E-state index in [1.807, 2.05) is 71.4 Å². The van der Waals surface area contributed by atoms with Crippen molar-refractivity contribution in [2.45, 2.75) is 6.54 Å². The zero-order valence-corrected chi connectivity index (χ0v) is 18.2. The van der Waals surface area contributed by atoms with Crippen molar-refractivity contribution in [3.63, 3.8) is 0 Å². The van der Waals surface area contributed by atoms with Crippen molar-refractivity contribution in [1.29, 1.82) is 0 Å². The third kappa shape index (κ3) is 4.22. The number of amides is 1. The topological polar surface area (TPSA) is 51.7 Å². The molecule has 0 aliphatic rings. The minimum Gasteiger partial charge on any atom is -0.497 e. The van der Waals surface area contributed by atoms with Gasteiger partial charge in [0.2, 0.25) is 0 Å². The summed E-state index contributed by atoms with van der Waals surface area (Å²) in [6.07, 6.45) is 0. The van der Waals surface area contributed by atoms with Gasteiger partial charge in [0.05, 0.1) is 31.3 Å². The molecule has 0 radical (unpaired) electrons. The Labute approximate surface area is 183 Å². The van der Waals surface area contributed by atoms with Gasteiger partial charge in [-0.15, -0.1) is 22.7 Å². The van der Waals surface area contributed by atoms with Crippen LogP contribution in [0.2, 0.25) is 0 Å². The molecule has 2 aromatic heterocycles. The molecule has 2 heterocycles. The second-order valence-electron chi connectivity index (χ2n) is 6.44. The fourth-order valence-corrected chi connectivity index (χ4v) is 4.55. The number of methoxy groups -OCH3 is 2. The first-order valence-electron chi connectivity index (χ1n) is 9.27. The molecule has 0 atom stereocenters. The van der Waals surface area contributed by atoms with Crippen molar-refractivity contribution in [2.24, 2.45) is 0 Å². The molecule has 0 saturated heterocycles. The smallest absolute Gasteiger partial charge is 0.270 e. The fraction of sp³-hybridized carbons (Fsp3) is 0.130. The van der Waals surface area contributed by atoms with Crippen molar-refractivity contribution < 1.29 is 14.3 Å². The van der Waals surface area contributed by atoms with Gasteiger partial charge in [-0.25, -0.2) is 4.98 Å². The quantitative estimate of drug-likeness (QED) is 0.371. The standard InChI is InChI=1S/C23H20N2O3S2/c1-27-17-10-11-20(28-2)18(13-17)19-15-30-23(24-19)25(14-16-7-4-3-5-8-16)22(26)21-9-6-12-29-21/h3-13,15H,14H2,1-2H3. The Balaban J connectivity index is 1.72. The van der Waals surface area contributed by atoms with Gasteiger partial charge in [-0.1, -0.05) is 36.4 Å². The van der Waals surface area contributed by atoms with Crippen LogP contribution in [-0.4, -0.2) is 25.1 Å². The number of hydrogen-bond donors (Lipinski definition) is 0. The molecule has 4 rings (SSSR count). The molecule has 0 aliphatic carbocycles. The molecule has 2 aromatic carbocycles. The van der Waals surface area contributed by atoms with Crippen LogP contribution in [0.1, 0.15) is 15.2 Å². The summed E-state index contributed by atoms with van der Waals surface area (Å²) in [6.45, 7) is 0.444. The molecule has 152 valence electrons. The average molecular weight is 437 g/mol. The van der Waals surface area contributed by atoms with Crippen molar-refractivity contribution in [3.05, 3.63) is 81.9 Å². The summed E-state index contributed by atoms with van der Waals surface area (Å²) in [7, 11) is 3.25. The van der Waals surface area contributed by atoms with Gasteiger partial charge in [-0.05, 0) is 35.2 Å². The minimum atomic E-state index is -0.0626. The summed E-state index contributed by atoms with van der Waals surface area (Å²) >= 11 is 2.86. The van der Waals surface area contributed by atoms with Crippen molar-refractivity contribution in [2.75, 3.05) is 19.1 Å². The molecule has 1 amide bonds. The number of aromatic nitrogens is 1. The van der Waals surface area contributed by atoms with Gasteiger partial charge in [-0.3, -0.25) is 9.69 Å². The van der Waals surface area contributed by atoms with Crippen LogP contribution in [-0.2, 0) is 6.54 Å². The number of thiophene rings is 1. The summed E-state index contributed by atoms with van der Waals surface area (Å²) in [5, 5.41) is 4.48. The maximum Gasteiger partial charge on any atom is 0.270 e. The maximum absolute atomic E-state index is 13.2. The number of thiazole rings is 1. The van der Waals surface area contributed by atoms with Crippen LogP contribution in [0.15, 0.2) is 71.4 Å². The molecule has 4 aromatic rings. The van der Waals surface area contributed by atoms with Crippen LogP contribution in [0.25, 0.3) is 11.3 Å². The fourth-order valence-electron chi connectivity index (χ4n) is 3.05. The highest BCUT2D eigenvalue weighted by Crippen LogP contribution is 2.36. The SMILES string of the molecule is COc1ccc(OC)c(-c2csc(N(Cc3ccccc3)C(=O)c3cccs3)n2)c1. The molecule has 0 spiro atoms. The number of carbonyl (C=O) groups excluding carboxylic acids is 1. The first kappa shape index (κ1) is 20.1. The highest BCUT2D eigenvalue weighted by Gasteiger charge is 2.23. The number of ether oxygens (including phenoxy) is 2. The molecule has 0 saturated carbocycles. The van der Waals surface area contributed by atoms with Gasteiger partial charge < -0.3 is 9.47 Å². The predicted octanol–water partition coefficient (Wildman–Crippen LogP) is 5.74. The van der Waals surface area contributed by atoms with Crippen molar-refractivity contribution >= 4 is 33.7 Å². The summed E-state index contributed by atoms with van der Waals surface area (Å²) in [4.78, 5) is 20.4. The van der Waals surface area contributed by atoms with Crippen LogP contribution in [0, 0.1) is 0 Å². The number of hydrogen-bond acceptors (Lipinski definition) is 6. The van der Waals surface area contributed by atoms with Crippen LogP contribution in [0.5, 0.6) is 11.5 Å². The molecule has 0 unspecified atom stereocenters. The Kier molecular flexibility index (Phi) is 6.11. The van der Waals surface area contributed by atoms with Crippen LogP contribution in [0.3, 0.4) is 0 Å². The zero-order valence-electron chi connectivity index (χ0n) is 16.6. The Morgan fingerprint density at radius 3 is 2.53 bits per heavy atom. The van der Waals surface area contributed by atoms with Crippen LogP contribution >= 0.6 is 22.7 Å². The van der Waals surface area contributed by atoms with Crippen LogP contribution in [0.4, 0.5) is 5.13 Å². The molecular formula is C23H20N2O3S2. The summed E-state index contributed by atoms with van der Waals surface area (Å²) in [5.74, 6) is 1.36. The van der Waals surface area contributed by atoms with E-state index >= 15 is 0 Å². The van der Waals surface area contributed by atoms with E-state index in [1.165, 1.54) is 22.7 Å². The summed E-state index contributed by atoms with van der Waals surface area (Å²) in [5.41, 5.74) is 2.60. The normalized spacial score (nSPS) is 10.6.